The Morgan fingerprint density at radius 3 is 2.42 bits per heavy atom. The van der Waals surface area contributed by atoms with Gasteiger partial charge in [0.15, 0.2) is 29.1 Å². The van der Waals surface area contributed by atoms with E-state index in [0.717, 1.165) is 18.8 Å². The first-order valence-electron chi connectivity index (χ1n) is 11.5. The van der Waals surface area contributed by atoms with Gasteiger partial charge in [0.2, 0.25) is 0 Å². The van der Waals surface area contributed by atoms with Crippen molar-refractivity contribution in [2.24, 2.45) is 7.05 Å². The van der Waals surface area contributed by atoms with Crippen molar-refractivity contribution in [1.29, 1.82) is 0 Å². The highest BCUT2D eigenvalue weighted by atomic mass is 19.2. The fraction of sp³-hybridized carbons (Fsp3) is 0.192. The van der Waals surface area contributed by atoms with E-state index in [1.54, 1.807) is 29.8 Å². The average Bonchev–Trinajstić information content (AvgIpc) is 3.49. The van der Waals surface area contributed by atoms with Crippen molar-refractivity contribution < 1.29 is 18.0 Å². The van der Waals surface area contributed by atoms with Crippen molar-refractivity contribution in [1.82, 2.24) is 24.4 Å². The lowest BCUT2D eigenvalue weighted by Crippen LogP contribution is -2.48. The van der Waals surface area contributed by atoms with Gasteiger partial charge in [0.1, 0.15) is 11.0 Å². The molecule has 0 spiro atoms. The van der Waals surface area contributed by atoms with Crippen LogP contribution in [0.1, 0.15) is 10.4 Å². The molecule has 0 atom stereocenters. The van der Waals surface area contributed by atoms with Crippen LogP contribution >= 0.6 is 0 Å². The predicted molar refractivity (Wildman–Crippen MR) is 130 cm³/mol. The van der Waals surface area contributed by atoms with Crippen molar-refractivity contribution >= 4 is 33.7 Å². The normalized spacial score (nSPS) is 14.2. The molecule has 5 aromatic rings. The number of fused-ring (bicyclic) bond motifs is 2. The van der Waals surface area contributed by atoms with Gasteiger partial charge in [0, 0.05) is 50.5 Å². The van der Waals surface area contributed by atoms with Gasteiger partial charge in [-0.2, -0.15) is 0 Å². The van der Waals surface area contributed by atoms with Crippen LogP contribution in [-0.2, 0) is 7.05 Å². The van der Waals surface area contributed by atoms with Crippen LogP contribution in [0.25, 0.3) is 33.7 Å². The summed E-state index contributed by atoms with van der Waals surface area (Å²) < 4.78 is 43.6. The number of para-hydroxylation sites is 1. The van der Waals surface area contributed by atoms with Gasteiger partial charge in [-0.15, -0.1) is 0 Å². The third kappa shape index (κ3) is 3.57. The van der Waals surface area contributed by atoms with Gasteiger partial charge in [0.05, 0.1) is 11.0 Å². The van der Waals surface area contributed by atoms with E-state index < -0.39 is 17.5 Å². The molecule has 3 heterocycles. The summed E-state index contributed by atoms with van der Waals surface area (Å²) in [4.78, 5) is 28.6. The summed E-state index contributed by atoms with van der Waals surface area (Å²) in [5.74, 6) is -3.14. The Morgan fingerprint density at radius 2 is 1.67 bits per heavy atom. The van der Waals surface area contributed by atoms with E-state index in [1.165, 1.54) is 0 Å². The number of halogens is 3. The smallest absolute Gasteiger partial charge is 0.254 e. The van der Waals surface area contributed by atoms with E-state index in [2.05, 4.69) is 32.0 Å². The maximum Gasteiger partial charge on any atom is 0.254 e. The number of anilines is 1. The third-order valence-corrected chi connectivity index (χ3v) is 6.64. The number of carbonyl (C=O) groups excluding carboxylic acids is 1. The molecular formula is C26H21F3N6O. The number of H-pyrrole nitrogens is 1. The lowest BCUT2D eigenvalue weighted by molar-refractivity contribution is 0.0747. The molecule has 0 saturated carbocycles. The Hall–Kier alpha value is -4.34. The first kappa shape index (κ1) is 22.1. The number of hydrogen-bond donors (Lipinski definition) is 1. The minimum atomic E-state index is -1.30. The van der Waals surface area contributed by atoms with Gasteiger partial charge in [-0.25, -0.2) is 23.1 Å². The number of imidazole rings is 2. The summed E-state index contributed by atoms with van der Waals surface area (Å²) in [6, 6.07) is 15.8. The average molecular weight is 490 g/mol. The van der Waals surface area contributed by atoms with Crippen molar-refractivity contribution in [3.8, 4) is 11.6 Å². The van der Waals surface area contributed by atoms with E-state index in [0.29, 0.717) is 41.6 Å². The summed E-state index contributed by atoms with van der Waals surface area (Å²) >= 11 is 0. The van der Waals surface area contributed by atoms with E-state index in [1.807, 2.05) is 23.1 Å². The Kier molecular flexibility index (Phi) is 5.17. The fourth-order valence-corrected chi connectivity index (χ4v) is 4.70. The second-order valence-electron chi connectivity index (χ2n) is 8.78. The van der Waals surface area contributed by atoms with Crippen molar-refractivity contribution in [2.45, 2.75) is 0 Å². The van der Waals surface area contributed by atoms with Crippen LogP contribution in [0, 0.1) is 17.5 Å². The standard InChI is InChI=1S/C26H21F3N6O/c1-33-20-13-15(26(36)35-11-9-34(10-12-35)16-5-3-2-4-6-16)7-8-19(20)30-25(33)24-31-22-18(28)14-17(27)21(29)23(22)32-24/h2-8,13-14H,9-12H2,1H3,(H,31,32). The zero-order valence-electron chi connectivity index (χ0n) is 19.3. The molecule has 0 unspecified atom stereocenters. The Bertz CT molecular complexity index is 1620. The van der Waals surface area contributed by atoms with Crippen molar-refractivity contribution in [3.05, 3.63) is 77.6 Å². The second-order valence-corrected chi connectivity index (χ2v) is 8.78. The zero-order valence-corrected chi connectivity index (χ0v) is 19.3. The van der Waals surface area contributed by atoms with Crippen molar-refractivity contribution in [2.75, 3.05) is 31.1 Å². The summed E-state index contributed by atoms with van der Waals surface area (Å²) in [5, 5.41) is 0. The molecule has 0 aliphatic carbocycles. The number of nitrogens with zero attached hydrogens (tertiary/aromatic N) is 5. The molecule has 36 heavy (non-hydrogen) atoms. The maximum atomic E-state index is 14.2. The number of carbonyl (C=O) groups is 1. The molecule has 1 fully saturated rings. The van der Waals surface area contributed by atoms with Crippen LogP contribution < -0.4 is 4.90 Å². The number of aromatic amines is 1. The molecule has 6 rings (SSSR count). The molecule has 7 nitrogen and oxygen atoms in total. The van der Waals surface area contributed by atoms with Gasteiger partial charge in [-0.1, -0.05) is 18.2 Å². The number of aryl methyl sites for hydroxylation is 1. The Labute approximate surface area is 203 Å². The van der Waals surface area contributed by atoms with Crippen molar-refractivity contribution in [3.63, 3.8) is 0 Å². The van der Waals surface area contributed by atoms with Gasteiger partial charge < -0.3 is 19.4 Å². The molecule has 182 valence electrons. The molecular weight excluding hydrogens is 469 g/mol. The maximum absolute atomic E-state index is 14.2. The number of rotatable bonds is 3. The van der Waals surface area contributed by atoms with E-state index >= 15 is 0 Å². The van der Waals surface area contributed by atoms with Gasteiger partial charge in [-0.3, -0.25) is 4.79 Å². The number of nitrogens with one attached hydrogen (secondary N) is 1. The molecule has 1 aliphatic rings. The molecule has 3 aromatic carbocycles. The lowest BCUT2D eigenvalue weighted by Gasteiger charge is -2.36. The first-order chi connectivity index (χ1) is 17.4. The fourth-order valence-electron chi connectivity index (χ4n) is 4.70. The third-order valence-electron chi connectivity index (χ3n) is 6.64. The van der Waals surface area contributed by atoms with Gasteiger partial charge in [0.25, 0.3) is 5.91 Å². The van der Waals surface area contributed by atoms with E-state index in [4.69, 9.17) is 0 Å². The lowest BCUT2D eigenvalue weighted by atomic mass is 10.1. The number of benzene rings is 3. The van der Waals surface area contributed by atoms with E-state index in [-0.39, 0.29) is 22.8 Å². The number of amides is 1. The Morgan fingerprint density at radius 1 is 0.917 bits per heavy atom. The molecule has 1 amide bonds. The quantitative estimate of drug-likeness (QED) is 0.378. The molecule has 0 radical (unpaired) electrons. The summed E-state index contributed by atoms with van der Waals surface area (Å²) in [6.45, 7) is 2.70. The highest BCUT2D eigenvalue weighted by Gasteiger charge is 2.24. The van der Waals surface area contributed by atoms with E-state index in [9.17, 15) is 18.0 Å². The molecule has 1 saturated heterocycles. The van der Waals surface area contributed by atoms with Crippen LogP contribution in [0.4, 0.5) is 18.9 Å². The highest BCUT2D eigenvalue weighted by molar-refractivity contribution is 5.98. The zero-order chi connectivity index (χ0) is 25.0. The molecule has 1 aliphatic heterocycles. The SMILES string of the molecule is Cn1c(-c2nc3c(F)cc(F)c(F)c3[nH]2)nc2ccc(C(=O)N3CCN(c4ccccc4)CC3)cc21. The largest absolute Gasteiger partial charge is 0.368 e. The minimum absolute atomic E-state index is 0.0734. The number of aromatic nitrogens is 4. The van der Waals surface area contributed by atoms with Crippen LogP contribution in [0.3, 0.4) is 0 Å². The monoisotopic (exact) mass is 490 g/mol. The number of hydrogen-bond acceptors (Lipinski definition) is 4. The minimum Gasteiger partial charge on any atom is -0.368 e. The summed E-state index contributed by atoms with van der Waals surface area (Å²) in [7, 11) is 1.72. The molecule has 0 bridgehead atoms. The molecule has 1 N–H and O–H groups in total. The predicted octanol–water partition coefficient (Wildman–Crippen LogP) is 4.50. The van der Waals surface area contributed by atoms with Gasteiger partial charge in [-0.05, 0) is 30.3 Å². The topological polar surface area (TPSA) is 70.0 Å². The summed E-state index contributed by atoms with van der Waals surface area (Å²) in [5.41, 5.74) is 2.24. The first-order valence-corrected chi connectivity index (χ1v) is 11.5. The van der Waals surface area contributed by atoms with Crippen LogP contribution in [0.5, 0.6) is 0 Å². The number of piperazine rings is 1. The second kappa shape index (κ2) is 8.40. The summed E-state index contributed by atoms with van der Waals surface area (Å²) in [6.07, 6.45) is 0. The highest BCUT2D eigenvalue weighted by Crippen LogP contribution is 2.28. The van der Waals surface area contributed by atoms with Gasteiger partial charge >= 0.3 is 0 Å². The van der Waals surface area contributed by atoms with Crippen LogP contribution in [0.15, 0.2) is 54.6 Å². The van der Waals surface area contributed by atoms with Crippen LogP contribution in [-0.4, -0.2) is 56.5 Å². The molecule has 2 aromatic heterocycles. The van der Waals surface area contributed by atoms with Crippen LogP contribution in [0.2, 0.25) is 0 Å². The Balaban J connectivity index is 1.28. The molecule has 10 heteroatoms.